The van der Waals surface area contributed by atoms with E-state index in [9.17, 15) is 9.18 Å². The van der Waals surface area contributed by atoms with E-state index in [1.807, 2.05) is 30.3 Å². The summed E-state index contributed by atoms with van der Waals surface area (Å²) in [7, 11) is 0. The average molecular weight is 544 g/mol. The van der Waals surface area contributed by atoms with Crippen LogP contribution >= 0.6 is 0 Å². The molecule has 3 aliphatic heterocycles. The summed E-state index contributed by atoms with van der Waals surface area (Å²) in [5.74, 6) is 1.45. The molecule has 3 aromatic carbocycles. The van der Waals surface area contributed by atoms with Gasteiger partial charge in [0.25, 0.3) is 0 Å². The third-order valence-corrected chi connectivity index (χ3v) is 8.31. The zero-order valence-corrected chi connectivity index (χ0v) is 22.1. The SMILES string of the molecule is O=C(OCC(CN1CCC(c2noc3cc(F)ccc23)CC1)c1ccccc1)N1CCc2c1ccc1c2OCO1. The van der Waals surface area contributed by atoms with Crippen LogP contribution in [-0.2, 0) is 11.2 Å². The van der Waals surface area contributed by atoms with Crippen molar-refractivity contribution < 1.29 is 27.9 Å². The fourth-order valence-corrected chi connectivity index (χ4v) is 6.20. The van der Waals surface area contributed by atoms with Crippen molar-refractivity contribution in [3.8, 4) is 11.5 Å². The van der Waals surface area contributed by atoms with Crippen LogP contribution in [0.5, 0.6) is 11.5 Å². The second-order valence-corrected chi connectivity index (χ2v) is 10.7. The van der Waals surface area contributed by atoms with E-state index in [-0.39, 0.29) is 30.5 Å². The highest BCUT2D eigenvalue weighted by atomic mass is 19.1. The molecule has 1 aromatic heterocycles. The number of carbonyl (C=O) groups is 1. The maximum atomic E-state index is 13.6. The Bertz CT molecular complexity index is 1530. The van der Waals surface area contributed by atoms with E-state index < -0.39 is 0 Å². The quantitative estimate of drug-likeness (QED) is 0.302. The fraction of sp³-hybridized carbons (Fsp3) is 0.355. The van der Waals surface area contributed by atoms with E-state index in [0.717, 1.165) is 71.9 Å². The summed E-state index contributed by atoms with van der Waals surface area (Å²) < 4.78 is 36.0. The van der Waals surface area contributed by atoms with Crippen LogP contribution in [0.25, 0.3) is 11.0 Å². The number of ether oxygens (including phenoxy) is 3. The molecule has 1 atom stereocenters. The summed E-state index contributed by atoms with van der Waals surface area (Å²) in [5.41, 5.74) is 4.38. The normalized spacial score (nSPS) is 17.8. The second kappa shape index (κ2) is 10.5. The number of amides is 1. The number of rotatable bonds is 6. The van der Waals surface area contributed by atoms with Crippen LogP contribution < -0.4 is 14.4 Å². The number of fused-ring (bicyclic) bond motifs is 4. The van der Waals surface area contributed by atoms with E-state index >= 15 is 0 Å². The highest BCUT2D eigenvalue weighted by Gasteiger charge is 2.33. The van der Waals surface area contributed by atoms with Crippen LogP contribution in [0, 0.1) is 5.82 Å². The van der Waals surface area contributed by atoms with Crippen LogP contribution in [0.4, 0.5) is 14.9 Å². The molecule has 206 valence electrons. The number of hydrogen-bond acceptors (Lipinski definition) is 7. The summed E-state index contributed by atoms with van der Waals surface area (Å²) in [5, 5.41) is 5.17. The molecule has 1 saturated heterocycles. The van der Waals surface area contributed by atoms with E-state index in [1.165, 1.54) is 12.1 Å². The third-order valence-electron chi connectivity index (χ3n) is 8.31. The summed E-state index contributed by atoms with van der Waals surface area (Å²) in [6.07, 6.45) is 2.23. The Kier molecular flexibility index (Phi) is 6.51. The van der Waals surface area contributed by atoms with Crippen LogP contribution in [-0.4, -0.2) is 55.7 Å². The lowest BCUT2D eigenvalue weighted by atomic mass is 9.90. The lowest BCUT2D eigenvalue weighted by Gasteiger charge is -2.34. The van der Waals surface area contributed by atoms with Gasteiger partial charge >= 0.3 is 6.09 Å². The number of aromatic nitrogens is 1. The highest BCUT2D eigenvalue weighted by molar-refractivity contribution is 5.91. The van der Waals surface area contributed by atoms with Gasteiger partial charge in [-0.25, -0.2) is 9.18 Å². The van der Waals surface area contributed by atoms with Gasteiger partial charge in [-0.1, -0.05) is 35.5 Å². The molecule has 0 radical (unpaired) electrons. The van der Waals surface area contributed by atoms with Gasteiger partial charge in [-0.3, -0.25) is 4.90 Å². The maximum absolute atomic E-state index is 13.6. The number of piperidine rings is 1. The minimum absolute atomic E-state index is 0.0383. The van der Waals surface area contributed by atoms with Crippen molar-refractivity contribution in [1.29, 1.82) is 0 Å². The molecule has 4 aromatic rings. The largest absolute Gasteiger partial charge is 0.454 e. The zero-order valence-electron chi connectivity index (χ0n) is 22.1. The van der Waals surface area contributed by atoms with Crippen LogP contribution in [0.15, 0.2) is 65.2 Å². The molecule has 1 fully saturated rings. The lowest BCUT2D eigenvalue weighted by Crippen LogP contribution is -2.38. The smallest absolute Gasteiger partial charge is 0.414 e. The summed E-state index contributed by atoms with van der Waals surface area (Å²) >= 11 is 0. The average Bonchev–Trinajstić information content (AvgIpc) is 3.73. The Morgan fingerprint density at radius 2 is 1.90 bits per heavy atom. The summed E-state index contributed by atoms with van der Waals surface area (Å²) in [6, 6.07) is 18.6. The first-order valence-corrected chi connectivity index (χ1v) is 13.8. The summed E-state index contributed by atoms with van der Waals surface area (Å²) in [6.45, 7) is 3.62. The second-order valence-electron chi connectivity index (χ2n) is 10.7. The molecule has 4 heterocycles. The molecule has 0 aliphatic carbocycles. The van der Waals surface area contributed by atoms with Crippen molar-refractivity contribution in [3.05, 3.63) is 83.3 Å². The van der Waals surface area contributed by atoms with Gasteiger partial charge in [-0.05, 0) is 62.2 Å². The van der Waals surface area contributed by atoms with Crippen molar-refractivity contribution in [1.82, 2.24) is 10.1 Å². The maximum Gasteiger partial charge on any atom is 0.414 e. The number of anilines is 1. The topological polar surface area (TPSA) is 77.3 Å². The van der Waals surface area contributed by atoms with Gasteiger partial charge in [0.1, 0.15) is 12.4 Å². The van der Waals surface area contributed by atoms with Gasteiger partial charge in [-0.15, -0.1) is 0 Å². The molecule has 1 amide bonds. The fourth-order valence-electron chi connectivity index (χ4n) is 6.20. The van der Waals surface area contributed by atoms with Crippen molar-refractivity contribution >= 4 is 22.7 Å². The molecular weight excluding hydrogens is 513 g/mol. The minimum Gasteiger partial charge on any atom is -0.454 e. The first-order chi connectivity index (χ1) is 19.6. The Balaban J connectivity index is 1.00. The lowest BCUT2D eigenvalue weighted by molar-refractivity contribution is 0.128. The molecule has 9 heteroatoms. The standard InChI is InChI=1S/C31H30FN3O5/c32-23-6-7-25-28(16-23)40-33-29(25)21-10-13-34(14-11-21)17-22(20-4-2-1-3-5-20)18-37-31(36)35-15-12-24-26(35)8-9-27-30(24)39-19-38-27/h1-9,16,21-22H,10-15,17-19H2. The van der Waals surface area contributed by atoms with Crippen molar-refractivity contribution in [2.24, 2.45) is 0 Å². The number of benzene rings is 3. The monoisotopic (exact) mass is 543 g/mol. The molecule has 8 nitrogen and oxygen atoms in total. The van der Waals surface area contributed by atoms with Crippen LogP contribution in [0.3, 0.4) is 0 Å². The highest BCUT2D eigenvalue weighted by Crippen LogP contribution is 2.44. The van der Waals surface area contributed by atoms with E-state index in [0.29, 0.717) is 25.2 Å². The van der Waals surface area contributed by atoms with E-state index in [4.69, 9.17) is 18.7 Å². The van der Waals surface area contributed by atoms with E-state index in [2.05, 4.69) is 22.2 Å². The number of halogens is 1. The number of hydrogen-bond donors (Lipinski definition) is 0. The van der Waals surface area contributed by atoms with Gasteiger partial charge in [0.2, 0.25) is 6.79 Å². The van der Waals surface area contributed by atoms with Crippen LogP contribution in [0.1, 0.15) is 41.5 Å². The van der Waals surface area contributed by atoms with Gasteiger partial charge in [-0.2, -0.15) is 0 Å². The number of nitrogens with zero attached hydrogens (tertiary/aromatic N) is 3. The minimum atomic E-state index is -0.341. The Labute approximate surface area is 231 Å². The number of carbonyl (C=O) groups excluding carboxylic acids is 1. The predicted octanol–water partition coefficient (Wildman–Crippen LogP) is 5.86. The van der Waals surface area contributed by atoms with Crippen molar-refractivity contribution in [2.75, 3.05) is 44.5 Å². The molecule has 7 rings (SSSR count). The Morgan fingerprint density at radius 3 is 2.75 bits per heavy atom. The molecule has 3 aliphatic rings. The molecule has 0 saturated carbocycles. The molecule has 0 spiro atoms. The third kappa shape index (κ3) is 4.64. The van der Waals surface area contributed by atoms with Gasteiger partial charge in [0.05, 0.1) is 11.4 Å². The Hall–Kier alpha value is -4.11. The zero-order chi connectivity index (χ0) is 27.1. The molecule has 1 unspecified atom stereocenters. The molecule has 0 bridgehead atoms. The van der Waals surface area contributed by atoms with E-state index in [1.54, 1.807) is 11.0 Å². The van der Waals surface area contributed by atoms with Gasteiger partial charge in [0.15, 0.2) is 17.1 Å². The predicted molar refractivity (Wildman–Crippen MR) is 147 cm³/mol. The molecule has 0 N–H and O–H groups in total. The Morgan fingerprint density at radius 1 is 1.05 bits per heavy atom. The van der Waals surface area contributed by atoms with Crippen molar-refractivity contribution in [3.63, 3.8) is 0 Å². The van der Waals surface area contributed by atoms with Crippen molar-refractivity contribution in [2.45, 2.75) is 31.1 Å². The first kappa shape index (κ1) is 24.9. The van der Waals surface area contributed by atoms with Gasteiger partial charge in [0, 0.05) is 41.9 Å². The number of likely N-dealkylation sites (tertiary alicyclic amines) is 1. The van der Waals surface area contributed by atoms with Gasteiger partial charge < -0.3 is 23.6 Å². The first-order valence-electron chi connectivity index (χ1n) is 13.8. The molecule has 40 heavy (non-hydrogen) atoms. The molecular formula is C31H30FN3O5. The van der Waals surface area contributed by atoms with Crippen LogP contribution in [0.2, 0.25) is 0 Å². The summed E-state index contributed by atoms with van der Waals surface area (Å²) in [4.78, 5) is 17.3.